The molecule has 0 atom stereocenters. The van der Waals surface area contributed by atoms with E-state index in [1.54, 1.807) is 7.11 Å². The fourth-order valence-electron chi connectivity index (χ4n) is 3.83. The number of allylic oxidation sites excluding steroid dienone is 4. The molecular weight excluding hydrogens is 543 g/mol. The van der Waals surface area contributed by atoms with E-state index in [0.29, 0.717) is 85.5 Å². The fourth-order valence-corrected chi connectivity index (χ4v) is 3.83. The highest BCUT2D eigenvalue weighted by Crippen LogP contribution is 2.09. The number of hydrogen-bond acceptors (Lipinski definition) is 8. The Balaban J connectivity index is 3.23. The molecule has 0 N–H and O–H groups in total. The maximum absolute atomic E-state index is 12.0. The van der Waals surface area contributed by atoms with Crippen molar-refractivity contribution < 1.29 is 42.3 Å². The van der Waals surface area contributed by atoms with Crippen molar-refractivity contribution in [3.63, 3.8) is 0 Å². The highest BCUT2D eigenvalue weighted by Gasteiger charge is 2.01. The van der Waals surface area contributed by atoms with Gasteiger partial charge >= 0.3 is 5.97 Å². The predicted molar refractivity (Wildman–Crippen MR) is 166 cm³/mol. The monoisotopic (exact) mass is 604 g/mol. The molecule has 0 bridgehead atoms. The molecule has 8 nitrogen and oxygen atoms in total. The zero-order valence-corrected chi connectivity index (χ0v) is 26.5. The van der Waals surface area contributed by atoms with Gasteiger partial charge in [-0.25, -0.2) is 0 Å². The first-order chi connectivity index (χ1) is 20.8. The Labute approximate surface area is 255 Å². The van der Waals surface area contributed by atoms with E-state index in [4.69, 9.17) is 33.2 Å². The number of ether oxygens (including phenoxy) is 7. The number of halogens is 1. The lowest BCUT2D eigenvalue weighted by Gasteiger charge is -2.08. The van der Waals surface area contributed by atoms with E-state index < -0.39 is 0 Å². The number of rotatable bonds is 35. The van der Waals surface area contributed by atoms with Crippen LogP contribution in [0.2, 0.25) is 0 Å². The first-order valence-electron chi connectivity index (χ1n) is 16.2. The quantitative estimate of drug-likeness (QED) is 0.0444. The van der Waals surface area contributed by atoms with Crippen LogP contribution in [-0.4, -0.2) is 99.0 Å². The third-order valence-electron chi connectivity index (χ3n) is 6.24. The minimum Gasteiger partial charge on any atom is -0.463 e. The van der Waals surface area contributed by atoms with E-state index in [9.17, 15) is 9.18 Å². The summed E-state index contributed by atoms with van der Waals surface area (Å²) in [6.45, 7) is 5.70. The van der Waals surface area contributed by atoms with Crippen molar-refractivity contribution in [3.05, 3.63) is 24.3 Å². The van der Waals surface area contributed by atoms with Gasteiger partial charge in [0.1, 0.15) is 6.61 Å². The van der Waals surface area contributed by atoms with E-state index in [-0.39, 0.29) is 19.3 Å². The van der Waals surface area contributed by atoms with Gasteiger partial charge in [0.2, 0.25) is 0 Å². The van der Waals surface area contributed by atoms with Crippen LogP contribution in [-0.2, 0) is 38.0 Å². The average Bonchev–Trinajstić information content (AvgIpc) is 3.00. The molecule has 0 aliphatic carbocycles. The summed E-state index contributed by atoms with van der Waals surface area (Å²) in [7, 11) is 1.64. The van der Waals surface area contributed by atoms with E-state index in [2.05, 4.69) is 24.3 Å². The molecule has 0 unspecified atom stereocenters. The van der Waals surface area contributed by atoms with Gasteiger partial charge in [-0.1, -0.05) is 50.0 Å². The maximum atomic E-state index is 12.0. The highest BCUT2D eigenvalue weighted by molar-refractivity contribution is 5.69. The topological polar surface area (TPSA) is 81.7 Å². The number of carbonyl (C=O) groups excluding carboxylic acids is 1. The largest absolute Gasteiger partial charge is 0.463 e. The molecule has 0 radical (unpaired) electrons. The van der Waals surface area contributed by atoms with Crippen LogP contribution in [0.25, 0.3) is 0 Å². The molecule has 0 aromatic heterocycles. The van der Waals surface area contributed by atoms with Gasteiger partial charge in [-0.05, 0) is 57.8 Å². The van der Waals surface area contributed by atoms with Crippen molar-refractivity contribution >= 4 is 5.97 Å². The van der Waals surface area contributed by atoms with Gasteiger partial charge in [-0.15, -0.1) is 0 Å². The molecule has 248 valence electrons. The third-order valence-corrected chi connectivity index (χ3v) is 6.24. The van der Waals surface area contributed by atoms with Gasteiger partial charge in [0.25, 0.3) is 0 Å². The number of carbonyl (C=O) groups is 1. The van der Waals surface area contributed by atoms with Gasteiger partial charge < -0.3 is 33.2 Å². The van der Waals surface area contributed by atoms with E-state index in [0.717, 1.165) is 44.9 Å². The molecule has 0 fully saturated rings. The molecule has 0 heterocycles. The molecule has 9 heteroatoms. The Morgan fingerprint density at radius 1 is 0.476 bits per heavy atom. The molecular formula is C33H61FO8. The van der Waals surface area contributed by atoms with Gasteiger partial charge in [0, 0.05) is 13.5 Å². The summed E-state index contributed by atoms with van der Waals surface area (Å²) in [6, 6.07) is 0. The molecule has 0 aromatic rings. The predicted octanol–water partition coefficient (Wildman–Crippen LogP) is 6.80. The summed E-state index contributed by atoms with van der Waals surface area (Å²) in [5, 5.41) is 0. The van der Waals surface area contributed by atoms with E-state index in [1.807, 2.05) is 0 Å². The van der Waals surface area contributed by atoms with Crippen LogP contribution < -0.4 is 0 Å². The lowest BCUT2D eigenvalue weighted by atomic mass is 10.1. The molecule has 0 rings (SSSR count). The Kier molecular flexibility index (Phi) is 36.4. The Morgan fingerprint density at radius 3 is 1.26 bits per heavy atom. The number of esters is 1. The molecule has 42 heavy (non-hydrogen) atoms. The molecule has 0 spiro atoms. The van der Waals surface area contributed by atoms with Crippen LogP contribution in [0.1, 0.15) is 89.9 Å². The van der Waals surface area contributed by atoms with E-state index in [1.165, 1.54) is 32.1 Å². The van der Waals surface area contributed by atoms with Crippen molar-refractivity contribution in [1.29, 1.82) is 0 Å². The maximum Gasteiger partial charge on any atom is 0.305 e. The minimum atomic E-state index is -0.184. The van der Waals surface area contributed by atoms with Crippen LogP contribution in [0, 0.1) is 0 Å². The zero-order chi connectivity index (χ0) is 30.4. The van der Waals surface area contributed by atoms with Gasteiger partial charge in [-0.3, -0.25) is 9.18 Å². The molecule has 0 aromatic carbocycles. The van der Waals surface area contributed by atoms with Crippen molar-refractivity contribution in [1.82, 2.24) is 0 Å². The van der Waals surface area contributed by atoms with Gasteiger partial charge in [0.05, 0.1) is 79.4 Å². The molecule has 0 aliphatic heterocycles. The van der Waals surface area contributed by atoms with Gasteiger partial charge in [-0.2, -0.15) is 0 Å². The molecule has 0 amide bonds. The Bertz CT molecular complexity index is 588. The van der Waals surface area contributed by atoms with Crippen LogP contribution in [0.3, 0.4) is 0 Å². The van der Waals surface area contributed by atoms with Crippen molar-refractivity contribution in [3.8, 4) is 0 Å². The number of alkyl halides is 1. The average molecular weight is 605 g/mol. The molecule has 0 saturated heterocycles. The highest BCUT2D eigenvalue weighted by atomic mass is 19.1. The SMILES string of the molecule is COCCOCCOCCOCCOCCOCCOC(=O)CCC/C=C\CCCCCCC/C=C\CCCCCF. The Hall–Kier alpha value is -1.36. The first-order valence-corrected chi connectivity index (χ1v) is 16.2. The van der Waals surface area contributed by atoms with Crippen LogP contribution in [0.4, 0.5) is 4.39 Å². The number of hydrogen-bond donors (Lipinski definition) is 0. The zero-order valence-electron chi connectivity index (χ0n) is 26.5. The second kappa shape index (κ2) is 37.7. The molecule has 0 saturated carbocycles. The number of unbranched alkanes of at least 4 members (excludes halogenated alkanes) is 10. The standard InChI is InChI=1S/C33H61FO8/c1-36-21-22-37-23-24-38-25-26-39-27-28-40-29-30-41-31-32-42-33(35)19-17-15-13-11-9-7-5-3-2-4-6-8-10-12-14-16-18-20-34/h8,10-11,13H,2-7,9,12,14-32H2,1H3/b10-8-,13-11-. The van der Waals surface area contributed by atoms with Gasteiger partial charge in [0.15, 0.2) is 0 Å². The lowest BCUT2D eigenvalue weighted by Crippen LogP contribution is -2.15. The summed E-state index contributed by atoms with van der Waals surface area (Å²) < 4.78 is 49.1. The van der Waals surface area contributed by atoms with Crippen LogP contribution in [0.15, 0.2) is 24.3 Å². The fraction of sp³-hybridized carbons (Fsp3) is 0.848. The summed E-state index contributed by atoms with van der Waals surface area (Å²) in [5.74, 6) is -0.172. The second-order valence-corrected chi connectivity index (χ2v) is 9.99. The summed E-state index contributed by atoms with van der Waals surface area (Å²) >= 11 is 0. The second-order valence-electron chi connectivity index (χ2n) is 9.99. The smallest absolute Gasteiger partial charge is 0.305 e. The lowest BCUT2D eigenvalue weighted by molar-refractivity contribution is -0.145. The summed E-state index contributed by atoms with van der Waals surface area (Å²) in [6.07, 6.45) is 23.6. The summed E-state index contributed by atoms with van der Waals surface area (Å²) in [5.41, 5.74) is 0. The minimum absolute atomic E-state index is 0.172. The van der Waals surface area contributed by atoms with Crippen molar-refractivity contribution in [2.24, 2.45) is 0 Å². The normalized spacial score (nSPS) is 11.8. The van der Waals surface area contributed by atoms with E-state index >= 15 is 0 Å². The Morgan fingerprint density at radius 2 is 0.833 bits per heavy atom. The first kappa shape index (κ1) is 40.6. The van der Waals surface area contributed by atoms with Crippen LogP contribution in [0.5, 0.6) is 0 Å². The third kappa shape index (κ3) is 36.7. The van der Waals surface area contributed by atoms with Crippen molar-refractivity contribution in [2.45, 2.75) is 89.9 Å². The van der Waals surface area contributed by atoms with Crippen molar-refractivity contribution in [2.75, 3.05) is 93.1 Å². The summed E-state index contributed by atoms with van der Waals surface area (Å²) in [4.78, 5) is 11.8. The molecule has 0 aliphatic rings. The number of methoxy groups -OCH3 is 1. The van der Waals surface area contributed by atoms with Crippen LogP contribution >= 0.6 is 0 Å².